The Bertz CT molecular complexity index is 633. The first kappa shape index (κ1) is 13.7. The first-order valence-corrected chi connectivity index (χ1v) is 7.56. The van der Waals surface area contributed by atoms with E-state index in [2.05, 4.69) is 18.2 Å². The van der Waals surface area contributed by atoms with Crippen LogP contribution in [0.15, 0.2) is 36.4 Å². The number of aryl methyl sites for hydroxylation is 3. The topological polar surface area (TPSA) is 20.2 Å². The van der Waals surface area contributed by atoms with Crippen LogP contribution in [0.3, 0.4) is 0 Å². The lowest BCUT2D eigenvalue weighted by atomic mass is 9.96. The molecule has 1 aliphatic carbocycles. The highest BCUT2D eigenvalue weighted by Gasteiger charge is 2.15. The summed E-state index contributed by atoms with van der Waals surface area (Å²) < 4.78 is 0. The van der Waals surface area contributed by atoms with E-state index in [1.807, 2.05) is 25.1 Å². The zero-order chi connectivity index (χ0) is 14.1. The average molecular weight is 287 g/mol. The van der Waals surface area contributed by atoms with Gasteiger partial charge in [0.25, 0.3) is 0 Å². The van der Waals surface area contributed by atoms with Gasteiger partial charge in [0.1, 0.15) is 0 Å². The molecule has 0 spiro atoms. The van der Waals surface area contributed by atoms with E-state index in [0.717, 1.165) is 16.1 Å². The largest absolute Gasteiger partial charge is 0.388 e. The molecule has 1 N–H and O–H groups in total. The predicted octanol–water partition coefficient (Wildman–Crippen LogP) is 4.41. The van der Waals surface area contributed by atoms with E-state index in [9.17, 15) is 5.11 Å². The molecule has 104 valence electrons. The average Bonchev–Trinajstić information content (AvgIpc) is 2.85. The normalized spacial score (nSPS) is 15.2. The molecule has 1 atom stereocenters. The first-order valence-electron chi connectivity index (χ1n) is 7.18. The molecule has 2 aromatic carbocycles. The van der Waals surface area contributed by atoms with Gasteiger partial charge in [-0.05, 0) is 66.1 Å². The van der Waals surface area contributed by atoms with Crippen molar-refractivity contribution in [1.82, 2.24) is 0 Å². The number of halogens is 1. The van der Waals surface area contributed by atoms with Crippen molar-refractivity contribution in [3.8, 4) is 0 Å². The fraction of sp³-hybridized carbons (Fsp3) is 0.333. The van der Waals surface area contributed by atoms with Gasteiger partial charge in [-0.2, -0.15) is 0 Å². The molecular weight excluding hydrogens is 268 g/mol. The Hall–Kier alpha value is -1.31. The highest BCUT2D eigenvalue weighted by molar-refractivity contribution is 6.30. The Morgan fingerprint density at radius 1 is 1.10 bits per heavy atom. The summed E-state index contributed by atoms with van der Waals surface area (Å²) in [4.78, 5) is 0. The molecule has 0 aromatic heterocycles. The van der Waals surface area contributed by atoms with E-state index < -0.39 is 6.10 Å². The van der Waals surface area contributed by atoms with E-state index in [0.29, 0.717) is 6.42 Å². The van der Waals surface area contributed by atoms with E-state index in [1.165, 1.54) is 36.0 Å². The maximum atomic E-state index is 10.5. The van der Waals surface area contributed by atoms with Gasteiger partial charge in [0.15, 0.2) is 0 Å². The highest BCUT2D eigenvalue weighted by Crippen LogP contribution is 2.27. The zero-order valence-electron chi connectivity index (χ0n) is 11.7. The molecule has 20 heavy (non-hydrogen) atoms. The van der Waals surface area contributed by atoms with Crippen molar-refractivity contribution in [2.45, 2.75) is 38.7 Å². The smallest absolute Gasteiger partial charge is 0.0832 e. The van der Waals surface area contributed by atoms with Crippen LogP contribution in [0.1, 0.15) is 40.3 Å². The zero-order valence-corrected chi connectivity index (χ0v) is 12.5. The molecule has 2 aromatic rings. The van der Waals surface area contributed by atoms with Crippen LogP contribution in [0.25, 0.3) is 0 Å². The van der Waals surface area contributed by atoms with Crippen LogP contribution in [0.4, 0.5) is 0 Å². The van der Waals surface area contributed by atoms with Crippen LogP contribution in [-0.2, 0) is 19.3 Å². The summed E-state index contributed by atoms with van der Waals surface area (Å²) in [5, 5.41) is 11.2. The van der Waals surface area contributed by atoms with Gasteiger partial charge in [-0.1, -0.05) is 35.9 Å². The monoisotopic (exact) mass is 286 g/mol. The number of benzene rings is 2. The minimum absolute atomic E-state index is 0.466. The van der Waals surface area contributed by atoms with E-state index in [1.54, 1.807) is 0 Å². The Morgan fingerprint density at radius 3 is 2.70 bits per heavy atom. The molecule has 0 heterocycles. The standard InChI is InChI=1S/C18H19ClO/c1-12-9-16(19)7-8-17(12)18(20)11-13-5-6-14-3-2-4-15(14)10-13/h5-10,18,20H,2-4,11H2,1H3. The van der Waals surface area contributed by atoms with Gasteiger partial charge in [0, 0.05) is 11.4 Å². The van der Waals surface area contributed by atoms with Crippen molar-refractivity contribution in [2.24, 2.45) is 0 Å². The quantitative estimate of drug-likeness (QED) is 0.886. The molecular formula is C18H19ClO. The summed E-state index contributed by atoms with van der Waals surface area (Å²) in [6.45, 7) is 1.99. The summed E-state index contributed by atoms with van der Waals surface area (Å²) in [5.74, 6) is 0. The van der Waals surface area contributed by atoms with E-state index >= 15 is 0 Å². The Balaban J connectivity index is 1.80. The van der Waals surface area contributed by atoms with Gasteiger partial charge >= 0.3 is 0 Å². The van der Waals surface area contributed by atoms with Crippen molar-refractivity contribution in [1.29, 1.82) is 0 Å². The molecule has 0 bridgehead atoms. The molecule has 1 aliphatic rings. The lowest BCUT2D eigenvalue weighted by Gasteiger charge is -2.15. The number of hydrogen-bond acceptors (Lipinski definition) is 1. The lowest BCUT2D eigenvalue weighted by Crippen LogP contribution is -2.04. The Kier molecular flexibility index (Phi) is 3.82. The van der Waals surface area contributed by atoms with E-state index in [-0.39, 0.29) is 0 Å². The number of hydrogen-bond donors (Lipinski definition) is 1. The van der Waals surface area contributed by atoms with Crippen molar-refractivity contribution in [3.05, 3.63) is 69.2 Å². The SMILES string of the molecule is Cc1cc(Cl)ccc1C(O)Cc1ccc2c(c1)CCC2. The summed E-state index contributed by atoms with van der Waals surface area (Å²) in [6, 6.07) is 12.3. The molecule has 1 unspecified atom stereocenters. The van der Waals surface area contributed by atoms with E-state index in [4.69, 9.17) is 11.6 Å². The summed E-state index contributed by atoms with van der Waals surface area (Å²) in [7, 11) is 0. The highest BCUT2D eigenvalue weighted by atomic mass is 35.5. The van der Waals surface area contributed by atoms with Crippen LogP contribution in [-0.4, -0.2) is 5.11 Å². The second kappa shape index (κ2) is 5.59. The van der Waals surface area contributed by atoms with Gasteiger partial charge in [0.05, 0.1) is 6.10 Å². The number of aliphatic hydroxyl groups excluding tert-OH is 1. The third-order valence-corrected chi connectivity index (χ3v) is 4.42. The third kappa shape index (κ3) is 2.74. The molecule has 0 saturated carbocycles. The Morgan fingerprint density at radius 2 is 1.90 bits per heavy atom. The predicted molar refractivity (Wildman–Crippen MR) is 83.3 cm³/mol. The van der Waals surface area contributed by atoms with Gasteiger partial charge in [-0.3, -0.25) is 0 Å². The van der Waals surface area contributed by atoms with Crippen molar-refractivity contribution < 1.29 is 5.11 Å². The first-order chi connectivity index (χ1) is 9.63. The third-order valence-electron chi connectivity index (χ3n) is 4.18. The van der Waals surface area contributed by atoms with Gasteiger partial charge in [-0.25, -0.2) is 0 Å². The maximum absolute atomic E-state index is 10.5. The molecule has 0 amide bonds. The molecule has 0 radical (unpaired) electrons. The van der Waals surface area contributed by atoms with Gasteiger partial charge in [-0.15, -0.1) is 0 Å². The number of aliphatic hydroxyl groups is 1. The van der Waals surface area contributed by atoms with Crippen LogP contribution in [0.5, 0.6) is 0 Å². The number of rotatable bonds is 3. The Labute approximate surface area is 125 Å². The lowest BCUT2D eigenvalue weighted by molar-refractivity contribution is 0.177. The minimum Gasteiger partial charge on any atom is -0.388 e. The van der Waals surface area contributed by atoms with Crippen LogP contribution in [0.2, 0.25) is 5.02 Å². The minimum atomic E-state index is -0.466. The fourth-order valence-corrected chi connectivity index (χ4v) is 3.33. The second-order valence-corrected chi connectivity index (χ2v) is 6.11. The molecule has 1 nitrogen and oxygen atoms in total. The molecule has 0 aliphatic heterocycles. The molecule has 0 saturated heterocycles. The number of fused-ring (bicyclic) bond motifs is 1. The van der Waals surface area contributed by atoms with Crippen LogP contribution in [0, 0.1) is 6.92 Å². The van der Waals surface area contributed by atoms with Gasteiger partial charge < -0.3 is 5.11 Å². The van der Waals surface area contributed by atoms with Crippen molar-refractivity contribution in [2.75, 3.05) is 0 Å². The fourth-order valence-electron chi connectivity index (χ4n) is 3.10. The second-order valence-electron chi connectivity index (χ2n) is 5.68. The summed E-state index contributed by atoms with van der Waals surface area (Å²) >= 11 is 5.96. The van der Waals surface area contributed by atoms with Crippen molar-refractivity contribution in [3.63, 3.8) is 0 Å². The van der Waals surface area contributed by atoms with Gasteiger partial charge in [0.2, 0.25) is 0 Å². The molecule has 3 rings (SSSR count). The summed E-state index contributed by atoms with van der Waals surface area (Å²) in [6.07, 6.45) is 3.84. The maximum Gasteiger partial charge on any atom is 0.0832 e. The van der Waals surface area contributed by atoms with Crippen LogP contribution < -0.4 is 0 Å². The molecule has 0 fully saturated rings. The van der Waals surface area contributed by atoms with Crippen LogP contribution >= 0.6 is 11.6 Å². The summed E-state index contributed by atoms with van der Waals surface area (Å²) in [5.41, 5.74) is 6.17. The van der Waals surface area contributed by atoms with Crippen molar-refractivity contribution >= 4 is 11.6 Å². The molecule has 2 heteroatoms.